The van der Waals surface area contributed by atoms with Crippen LogP contribution in [0.2, 0.25) is 0 Å². The first kappa shape index (κ1) is 17.1. The van der Waals surface area contributed by atoms with Gasteiger partial charge < -0.3 is 18.9 Å². The number of amides is 1. The second-order valence-electron chi connectivity index (χ2n) is 6.24. The molecule has 7 heteroatoms. The number of ether oxygens (including phenoxy) is 2. The van der Waals surface area contributed by atoms with E-state index in [0.29, 0.717) is 24.0 Å². The van der Waals surface area contributed by atoms with Crippen molar-refractivity contribution in [1.29, 1.82) is 0 Å². The molecule has 0 radical (unpaired) electrons. The molecule has 0 bridgehead atoms. The average Bonchev–Trinajstić information content (AvgIpc) is 3.32. The Bertz CT molecular complexity index is 966. The number of rotatable bonds is 5. The second kappa shape index (κ2) is 7.11. The van der Waals surface area contributed by atoms with Crippen LogP contribution in [0.5, 0.6) is 11.5 Å². The van der Waals surface area contributed by atoms with Crippen molar-refractivity contribution in [3.8, 4) is 22.9 Å². The zero-order valence-electron chi connectivity index (χ0n) is 15.1. The number of benzene rings is 2. The molecule has 0 aliphatic carbocycles. The molecule has 0 fully saturated rings. The van der Waals surface area contributed by atoms with Crippen LogP contribution in [0.15, 0.2) is 47.0 Å². The molecule has 1 aromatic heterocycles. The Morgan fingerprint density at radius 1 is 1.19 bits per heavy atom. The number of carbonyl (C=O) groups excluding carboxylic acids is 1. The van der Waals surface area contributed by atoms with Crippen molar-refractivity contribution in [2.75, 3.05) is 25.2 Å². The van der Waals surface area contributed by atoms with Crippen LogP contribution in [0, 0.1) is 6.92 Å². The molecule has 0 spiro atoms. The number of nitrogens with zero attached hydrogens (tertiary/aromatic N) is 3. The SMILES string of the molecule is COc1ccc(OCC(=O)N2CCc3cc(-c4noc(C)n4)ccc32)cc1. The lowest BCUT2D eigenvalue weighted by molar-refractivity contribution is -0.120. The Kier molecular flexibility index (Phi) is 4.50. The average molecular weight is 365 g/mol. The lowest BCUT2D eigenvalue weighted by Gasteiger charge is -2.18. The molecule has 0 saturated heterocycles. The summed E-state index contributed by atoms with van der Waals surface area (Å²) in [6.07, 6.45) is 0.786. The maximum atomic E-state index is 12.6. The third kappa shape index (κ3) is 3.48. The molecule has 1 amide bonds. The minimum atomic E-state index is -0.0762. The van der Waals surface area contributed by atoms with E-state index in [4.69, 9.17) is 14.0 Å². The standard InChI is InChI=1S/C20H19N3O4/c1-13-21-20(22-27-13)15-3-8-18-14(11-15)9-10-23(18)19(24)12-26-17-6-4-16(25-2)5-7-17/h3-8,11H,9-10,12H2,1-2H3. The Labute approximate surface area is 156 Å². The lowest BCUT2D eigenvalue weighted by atomic mass is 10.1. The summed E-state index contributed by atoms with van der Waals surface area (Å²) in [6, 6.07) is 13.0. The summed E-state index contributed by atoms with van der Waals surface area (Å²) in [5.41, 5.74) is 2.88. The molecule has 2 aromatic carbocycles. The minimum Gasteiger partial charge on any atom is -0.497 e. The highest BCUT2D eigenvalue weighted by Gasteiger charge is 2.25. The first-order valence-electron chi connectivity index (χ1n) is 8.65. The highest BCUT2D eigenvalue weighted by molar-refractivity contribution is 5.96. The molecule has 1 aliphatic heterocycles. The van der Waals surface area contributed by atoms with Gasteiger partial charge in [0.25, 0.3) is 5.91 Å². The van der Waals surface area contributed by atoms with E-state index in [1.807, 2.05) is 18.2 Å². The largest absolute Gasteiger partial charge is 0.497 e. The summed E-state index contributed by atoms with van der Waals surface area (Å²) in [6.45, 7) is 2.37. The predicted molar refractivity (Wildman–Crippen MR) is 99.0 cm³/mol. The van der Waals surface area contributed by atoms with Gasteiger partial charge >= 0.3 is 0 Å². The summed E-state index contributed by atoms with van der Waals surface area (Å²) in [5, 5.41) is 3.95. The van der Waals surface area contributed by atoms with E-state index < -0.39 is 0 Å². The molecule has 7 nitrogen and oxygen atoms in total. The monoisotopic (exact) mass is 365 g/mol. The van der Waals surface area contributed by atoms with Gasteiger partial charge in [0.2, 0.25) is 11.7 Å². The Hall–Kier alpha value is -3.35. The summed E-state index contributed by atoms with van der Waals surface area (Å²) < 4.78 is 15.8. The lowest BCUT2D eigenvalue weighted by Crippen LogP contribution is -2.33. The van der Waals surface area contributed by atoms with Gasteiger partial charge in [0.1, 0.15) is 11.5 Å². The van der Waals surface area contributed by atoms with E-state index in [9.17, 15) is 4.79 Å². The number of carbonyl (C=O) groups is 1. The Morgan fingerprint density at radius 2 is 1.96 bits per heavy atom. The van der Waals surface area contributed by atoms with Crippen LogP contribution in [0.25, 0.3) is 11.4 Å². The number of methoxy groups -OCH3 is 1. The summed E-state index contributed by atoms with van der Waals surface area (Å²) in [7, 11) is 1.61. The highest BCUT2D eigenvalue weighted by Crippen LogP contribution is 2.31. The normalized spacial score (nSPS) is 12.7. The molecule has 3 aromatic rings. The van der Waals surface area contributed by atoms with E-state index >= 15 is 0 Å². The number of fused-ring (bicyclic) bond motifs is 1. The van der Waals surface area contributed by atoms with Gasteiger partial charge in [-0.15, -0.1) is 0 Å². The van der Waals surface area contributed by atoms with E-state index in [1.165, 1.54) is 0 Å². The fourth-order valence-corrected chi connectivity index (χ4v) is 3.11. The van der Waals surface area contributed by atoms with Crippen molar-refractivity contribution in [1.82, 2.24) is 10.1 Å². The molecular weight excluding hydrogens is 346 g/mol. The van der Waals surface area contributed by atoms with Crippen LogP contribution in [0.3, 0.4) is 0 Å². The van der Waals surface area contributed by atoms with Gasteiger partial charge in [-0.1, -0.05) is 5.16 Å². The summed E-state index contributed by atoms with van der Waals surface area (Å²) >= 11 is 0. The van der Waals surface area contributed by atoms with Gasteiger partial charge in [0.05, 0.1) is 7.11 Å². The van der Waals surface area contributed by atoms with Crippen LogP contribution >= 0.6 is 0 Å². The van der Waals surface area contributed by atoms with E-state index in [2.05, 4.69) is 10.1 Å². The maximum absolute atomic E-state index is 12.6. The van der Waals surface area contributed by atoms with Crippen molar-refractivity contribution in [2.45, 2.75) is 13.3 Å². The first-order valence-corrected chi connectivity index (χ1v) is 8.65. The van der Waals surface area contributed by atoms with Crippen molar-refractivity contribution in [3.05, 3.63) is 53.9 Å². The third-order valence-corrected chi connectivity index (χ3v) is 4.48. The maximum Gasteiger partial charge on any atom is 0.264 e. The Balaban J connectivity index is 1.44. The zero-order chi connectivity index (χ0) is 18.8. The number of hydrogen-bond donors (Lipinski definition) is 0. The summed E-state index contributed by atoms with van der Waals surface area (Å²) in [5.74, 6) is 2.38. The smallest absolute Gasteiger partial charge is 0.264 e. The van der Waals surface area contributed by atoms with E-state index in [1.54, 1.807) is 43.2 Å². The van der Waals surface area contributed by atoms with Crippen molar-refractivity contribution < 1.29 is 18.8 Å². The zero-order valence-corrected chi connectivity index (χ0v) is 15.1. The molecule has 0 unspecified atom stereocenters. The highest BCUT2D eigenvalue weighted by atomic mass is 16.5. The molecular formula is C20H19N3O4. The van der Waals surface area contributed by atoms with Crippen LogP contribution in [0.4, 0.5) is 5.69 Å². The molecule has 27 heavy (non-hydrogen) atoms. The minimum absolute atomic E-state index is 0.0163. The fraction of sp³-hybridized carbons (Fsp3) is 0.250. The van der Waals surface area contributed by atoms with E-state index in [0.717, 1.165) is 29.0 Å². The van der Waals surface area contributed by atoms with Gasteiger partial charge in [-0.25, -0.2) is 0 Å². The van der Waals surface area contributed by atoms with Gasteiger partial charge in [-0.05, 0) is 54.4 Å². The van der Waals surface area contributed by atoms with E-state index in [-0.39, 0.29) is 12.5 Å². The molecule has 0 atom stereocenters. The number of aromatic nitrogens is 2. The first-order chi connectivity index (χ1) is 13.1. The molecule has 0 saturated carbocycles. The third-order valence-electron chi connectivity index (χ3n) is 4.48. The van der Waals surface area contributed by atoms with Gasteiger partial charge in [0.15, 0.2) is 6.61 Å². The van der Waals surface area contributed by atoms with Crippen LogP contribution in [-0.2, 0) is 11.2 Å². The number of anilines is 1. The van der Waals surface area contributed by atoms with Crippen LogP contribution in [0.1, 0.15) is 11.5 Å². The van der Waals surface area contributed by atoms with Crippen molar-refractivity contribution in [3.63, 3.8) is 0 Å². The molecule has 1 aliphatic rings. The second-order valence-corrected chi connectivity index (χ2v) is 6.24. The number of aryl methyl sites for hydroxylation is 1. The molecule has 138 valence electrons. The fourth-order valence-electron chi connectivity index (χ4n) is 3.11. The van der Waals surface area contributed by atoms with Crippen molar-refractivity contribution >= 4 is 11.6 Å². The van der Waals surface area contributed by atoms with Crippen LogP contribution < -0.4 is 14.4 Å². The van der Waals surface area contributed by atoms with Gasteiger partial charge in [0, 0.05) is 24.7 Å². The van der Waals surface area contributed by atoms with Crippen molar-refractivity contribution in [2.24, 2.45) is 0 Å². The van der Waals surface area contributed by atoms with Crippen LogP contribution in [-0.4, -0.2) is 36.3 Å². The molecule has 2 heterocycles. The summed E-state index contributed by atoms with van der Waals surface area (Å²) in [4.78, 5) is 18.6. The molecule has 0 N–H and O–H groups in total. The quantitative estimate of drug-likeness (QED) is 0.692. The van der Waals surface area contributed by atoms with Gasteiger partial charge in [-0.2, -0.15) is 4.98 Å². The number of hydrogen-bond acceptors (Lipinski definition) is 6. The Morgan fingerprint density at radius 3 is 2.67 bits per heavy atom. The van der Waals surface area contributed by atoms with Gasteiger partial charge in [-0.3, -0.25) is 4.79 Å². The topological polar surface area (TPSA) is 77.7 Å². The predicted octanol–water partition coefficient (Wildman–Crippen LogP) is 3.02. The molecule has 4 rings (SSSR count).